The molecular weight excluding hydrogens is 398 g/mol. The van der Waals surface area contributed by atoms with Crippen LogP contribution in [0.3, 0.4) is 0 Å². The third-order valence-electron chi connectivity index (χ3n) is 4.62. The molecule has 2 aromatic carbocycles. The number of hydrogen-bond donors (Lipinski definition) is 4. The zero-order valence-electron chi connectivity index (χ0n) is 16.5. The van der Waals surface area contributed by atoms with E-state index in [1.807, 2.05) is 30.3 Å². The van der Waals surface area contributed by atoms with Crippen molar-refractivity contribution in [2.45, 2.75) is 12.5 Å². The number of benzene rings is 2. The summed E-state index contributed by atoms with van der Waals surface area (Å²) >= 11 is 1.54. The number of para-hydroxylation sites is 1. The standard InChI is InChI=1S/C22H25N5O2S/c1-2-30-27-13-12-16(14-27)26-21(24)19(22(25)28)20(23)15-8-10-18(11-9-15)29-17-6-4-3-5-7-17/h2-11,16,23,26H,1,12-14,24H2,(H2,25,28)/b21-19+,23-20?. The number of nitrogens with zero attached hydrogens (tertiary/aromatic N) is 1. The summed E-state index contributed by atoms with van der Waals surface area (Å²) < 4.78 is 7.91. The lowest BCUT2D eigenvalue weighted by atomic mass is 10.0. The predicted molar refractivity (Wildman–Crippen MR) is 121 cm³/mol. The molecule has 2 aromatic rings. The number of carbonyl (C=O) groups is 1. The van der Waals surface area contributed by atoms with Crippen LogP contribution in [0.15, 0.2) is 78.0 Å². The van der Waals surface area contributed by atoms with E-state index in [1.54, 1.807) is 41.6 Å². The van der Waals surface area contributed by atoms with Crippen LogP contribution in [-0.2, 0) is 4.79 Å². The second-order valence-corrected chi connectivity index (χ2v) is 7.82. The van der Waals surface area contributed by atoms with Crippen LogP contribution in [0.25, 0.3) is 0 Å². The SMILES string of the molecule is C=CSN1CCC(N/C(N)=C(\C(=N)c2ccc(Oc3ccccc3)cc2)C(N)=O)C1. The first-order valence-corrected chi connectivity index (χ1v) is 10.3. The van der Waals surface area contributed by atoms with Crippen LogP contribution >= 0.6 is 11.9 Å². The molecule has 7 nitrogen and oxygen atoms in total. The molecule has 0 radical (unpaired) electrons. The maximum absolute atomic E-state index is 12.1. The Morgan fingerprint density at radius 2 is 1.83 bits per heavy atom. The normalized spacial score (nSPS) is 17.1. The second-order valence-electron chi connectivity index (χ2n) is 6.76. The van der Waals surface area contributed by atoms with Crippen molar-refractivity contribution in [3.05, 3.63) is 83.5 Å². The van der Waals surface area contributed by atoms with Crippen LogP contribution in [0.5, 0.6) is 11.5 Å². The first-order valence-electron chi connectivity index (χ1n) is 9.49. The summed E-state index contributed by atoms with van der Waals surface area (Å²) in [6.45, 7) is 5.35. The summed E-state index contributed by atoms with van der Waals surface area (Å²) in [4.78, 5) is 12.1. The maximum atomic E-state index is 12.1. The first kappa shape index (κ1) is 21.5. The molecule has 30 heavy (non-hydrogen) atoms. The van der Waals surface area contributed by atoms with Gasteiger partial charge in [0.25, 0.3) is 5.91 Å². The fraction of sp³-hybridized carbons (Fsp3) is 0.182. The second kappa shape index (κ2) is 10.00. The van der Waals surface area contributed by atoms with E-state index < -0.39 is 5.91 Å². The molecule has 0 aliphatic carbocycles. The summed E-state index contributed by atoms with van der Waals surface area (Å²) in [6, 6.07) is 16.3. The molecule has 0 spiro atoms. The Hall–Kier alpha value is -3.23. The molecule has 1 atom stereocenters. The fourth-order valence-electron chi connectivity index (χ4n) is 3.19. The van der Waals surface area contributed by atoms with E-state index in [2.05, 4.69) is 16.2 Å². The van der Waals surface area contributed by atoms with Crippen LogP contribution in [0.1, 0.15) is 12.0 Å². The molecule has 1 heterocycles. The van der Waals surface area contributed by atoms with Crippen LogP contribution in [0, 0.1) is 5.41 Å². The molecule has 8 heteroatoms. The van der Waals surface area contributed by atoms with Gasteiger partial charge in [-0.05, 0) is 48.2 Å². The quantitative estimate of drug-likeness (QED) is 0.280. The predicted octanol–water partition coefficient (Wildman–Crippen LogP) is 2.96. The summed E-state index contributed by atoms with van der Waals surface area (Å²) in [5.74, 6) is 0.712. The zero-order chi connectivity index (χ0) is 21.5. The van der Waals surface area contributed by atoms with Gasteiger partial charge in [0, 0.05) is 24.7 Å². The molecule has 3 rings (SSSR count). The summed E-state index contributed by atoms with van der Waals surface area (Å²) in [5.41, 5.74) is 12.2. The maximum Gasteiger partial charge on any atom is 0.254 e. The number of hydrogen-bond acceptors (Lipinski definition) is 7. The van der Waals surface area contributed by atoms with Crippen LogP contribution in [0.4, 0.5) is 0 Å². The monoisotopic (exact) mass is 423 g/mol. The highest BCUT2D eigenvalue weighted by Gasteiger charge is 2.25. The van der Waals surface area contributed by atoms with Gasteiger partial charge in [0.15, 0.2) is 0 Å². The Morgan fingerprint density at radius 1 is 1.17 bits per heavy atom. The Bertz CT molecular complexity index is 944. The smallest absolute Gasteiger partial charge is 0.254 e. The average Bonchev–Trinajstić information content (AvgIpc) is 3.16. The van der Waals surface area contributed by atoms with Crippen molar-refractivity contribution in [2.24, 2.45) is 11.5 Å². The molecular formula is C22H25N5O2S. The molecule has 1 unspecified atom stereocenters. The van der Waals surface area contributed by atoms with Crippen LogP contribution in [0.2, 0.25) is 0 Å². The average molecular weight is 424 g/mol. The van der Waals surface area contributed by atoms with Crippen molar-refractivity contribution < 1.29 is 9.53 Å². The Balaban J connectivity index is 1.72. The summed E-state index contributed by atoms with van der Waals surface area (Å²) in [6.07, 6.45) is 0.867. The highest BCUT2D eigenvalue weighted by atomic mass is 32.2. The summed E-state index contributed by atoms with van der Waals surface area (Å²) in [5, 5.41) is 13.4. The topological polar surface area (TPSA) is 117 Å². The van der Waals surface area contributed by atoms with Crippen molar-refractivity contribution in [3.8, 4) is 11.5 Å². The van der Waals surface area contributed by atoms with Gasteiger partial charge in [-0.3, -0.25) is 10.2 Å². The number of rotatable bonds is 9. The van der Waals surface area contributed by atoms with Gasteiger partial charge < -0.3 is 21.5 Å². The van der Waals surface area contributed by atoms with Gasteiger partial charge in [-0.2, -0.15) is 0 Å². The van der Waals surface area contributed by atoms with E-state index in [4.69, 9.17) is 21.6 Å². The largest absolute Gasteiger partial charge is 0.457 e. The van der Waals surface area contributed by atoms with Gasteiger partial charge >= 0.3 is 0 Å². The molecule has 1 amide bonds. The molecule has 0 aromatic heterocycles. The number of nitrogens with two attached hydrogens (primary N) is 2. The van der Waals surface area contributed by atoms with Crippen molar-refractivity contribution in [2.75, 3.05) is 13.1 Å². The number of nitrogens with one attached hydrogen (secondary N) is 2. The Labute approximate surface area is 180 Å². The van der Waals surface area contributed by atoms with Crippen molar-refractivity contribution >= 4 is 23.6 Å². The molecule has 1 aliphatic rings. The lowest BCUT2D eigenvalue weighted by Crippen LogP contribution is -2.38. The van der Waals surface area contributed by atoms with Gasteiger partial charge in [-0.1, -0.05) is 36.7 Å². The van der Waals surface area contributed by atoms with E-state index in [9.17, 15) is 4.79 Å². The minimum atomic E-state index is -0.745. The van der Waals surface area contributed by atoms with E-state index in [0.717, 1.165) is 19.5 Å². The minimum Gasteiger partial charge on any atom is -0.457 e. The lowest BCUT2D eigenvalue weighted by Gasteiger charge is -2.18. The lowest BCUT2D eigenvalue weighted by molar-refractivity contribution is -0.114. The Kier molecular flexibility index (Phi) is 7.16. The van der Waals surface area contributed by atoms with Gasteiger partial charge in [0.2, 0.25) is 0 Å². The summed E-state index contributed by atoms with van der Waals surface area (Å²) in [7, 11) is 0. The molecule has 1 saturated heterocycles. The molecule has 1 aliphatic heterocycles. The molecule has 0 saturated carbocycles. The highest BCUT2D eigenvalue weighted by molar-refractivity contribution is 7.99. The minimum absolute atomic E-state index is 0.0263. The molecule has 156 valence electrons. The number of ether oxygens (including phenoxy) is 1. The van der Waals surface area contributed by atoms with Gasteiger partial charge in [0.1, 0.15) is 22.9 Å². The van der Waals surface area contributed by atoms with E-state index in [0.29, 0.717) is 17.1 Å². The first-order chi connectivity index (χ1) is 14.5. The van der Waals surface area contributed by atoms with Crippen molar-refractivity contribution in [1.29, 1.82) is 5.41 Å². The highest BCUT2D eigenvalue weighted by Crippen LogP contribution is 2.23. The Morgan fingerprint density at radius 3 is 2.47 bits per heavy atom. The zero-order valence-corrected chi connectivity index (χ0v) is 17.3. The number of carbonyl (C=O) groups excluding carboxylic acids is 1. The van der Waals surface area contributed by atoms with Gasteiger partial charge in [-0.15, -0.1) is 0 Å². The number of amides is 1. The third-order valence-corrected chi connectivity index (χ3v) is 5.40. The molecule has 1 fully saturated rings. The van der Waals surface area contributed by atoms with E-state index in [-0.39, 0.29) is 23.1 Å². The van der Waals surface area contributed by atoms with Crippen molar-refractivity contribution in [3.63, 3.8) is 0 Å². The van der Waals surface area contributed by atoms with E-state index in [1.165, 1.54) is 0 Å². The number of primary amides is 1. The van der Waals surface area contributed by atoms with E-state index >= 15 is 0 Å². The van der Waals surface area contributed by atoms with Gasteiger partial charge in [-0.25, -0.2) is 4.31 Å². The van der Waals surface area contributed by atoms with Gasteiger partial charge in [0.05, 0.1) is 5.71 Å². The van der Waals surface area contributed by atoms with Crippen LogP contribution in [-0.4, -0.2) is 35.1 Å². The fourth-order valence-corrected chi connectivity index (χ4v) is 3.88. The third kappa shape index (κ3) is 5.43. The van der Waals surface area contributed by atoms with Crippen molar-refractivity contribution in [1.82, 2.24) is 9.62 Å². The van der Waals surface area contributed by atoms with Crippen LogP contribution < -0.4 is 21.5 Å². The molecule has 0 bridgehead atoms. The molecule has 6 N–H and O–H groups in total.